The first kappa shape index (κ1) is 17.8. The van der Waals surface area contributed by atoms with Gasteiger partial charge in [-0.1, -0.05) is 23.2 Å². The predicted octanol–water partition coefficient (Wildman–Crippen LogP) is 1.53. The highest BCUT2D eigenvalue weighted by Gasteiger charge is 2.40. The molecule has 2 heterocycles. The summed E-state index contributed by atoms with van der Waals surface area (Å²) >= 11 is 12.0. The molecule has 1 aromatic carbocycles. The van der Waals surface area contributed by atoms with E-state index in [-0.39, 0.29) is 11.8 Å². The summed E-state index contributed by atoms with van der Waals surface area (Å²) in [5.74, 6) is -0.167. The van der Waals surface area contributed by atoms with Crippen LogP contribution in [0.2, 0.25) is 10.0 Å². The Bertz CT molecular complexity index is 742. The van der Waals surface area contributed by atoms with Crippen LogP contribution in [0.4, 0.5) is 5.69 Å². The molecule has 1 amide bonds. The van der Waals surface area contributed by atoms with E-state index in [1.165, 1.54) is 10.6 Å². The van der Waals surface area contributed by atoms with Gasteiger partial charge in [0.15, 0.2) is 0 Å². The molecule has 0 saturated carbocycles. The Hall–Kier alpha value is -1.02. The number of nitrogens with zero attached hydrogens (tertiary/aromatic N) is 3. The zero-order chi connectivity index (χ0) is 17.5. The van der Waals surface area contributed by atoms with Crippen LogP contribution < -0.4 is 4.90 Å². The summed E-state index contributed by atoms with van der Waals surface area (Å²) in [6.07, 6.45) is 1.17. The summed E-state index contributed by atoms with van der Waals surface area (Å²) in [5.41, 5.74) is 0.989. The molecule has 2 aliphatic heterocycles. The molecule has 0 aromatic heterocycles. The summed E-state index contributed by atoms with van der Waals surface area (Å²) < 4.78 is 24.1. The number of carbonyl (C=O) groups excluding carboxylic acids is 1. The normalized spacial score (nSPS) is 20.1. The Morgan fingerprint density at radius 2 is 1.71 bits per heavy atom. The first-order chi connectivity index (χ1) is 11.3. The highest BCUT2D eigenvalue weighted by molar-refractivity contribution is 7.88. The van der Waals surface area contributed by atoms with E-state index >= 15 is 0 Å². The van der Waals surface area contributed by atoms with E-state index in [1.54, 1.807) is 6.07 Å². The fraction of sp³-hybridized carbons (Fsp3) is 0.533. The second-order valence-corrected chi connectivity index (χ2v) is 8.98. The zero-order valence-electron chi connectivity index (χ0n) is 13.3. The number of halogens is 2. The third-order valence-electron chi connectivity index (χ3n) is 4.53. The first-order valence-corrected chi connectivity index (χ1v) is 10.3. The Morgan fingerprint density at radius 1 is 1.08 bits per heavy atom. The van der Waals surface area contributed by atoms with Crippen molar-refractivity contribution in [1.29, 1.82) is 0 Å². The van der Waals surface area contributed by atoms with Crippen molar-refractivity contribution in [2.45, 2.75) is 0 Å². The van der Waals surface area contributed by atoms with Crippen LogP contribution in [0.5, 0.6) is 0 Å². The van der Waals surface area contributed by atoms with Gasteiger partial charge in [-0.3, -0.25) is 4.79 Å². The molecule has 0 bridgehead atoms. The van der Waals surface area contributed by atoms with Gasteiger partial charge in [0.2, 0.25) is 15.9 Å². The molecule has 0 unspecified atom stereocenters. The average molecular weight is 392 g/mol. The molecular weight excluding hydrogens is 373 g/mol. The lowest BCUT2D eigenvalue weighted by atomic mass is 10.0. The molecule has 0 radical (unpaired) electrons. The molecular formula is C15H19Cl2N3O3S. The molecule has 6 nitrogen and oxygen atoms in total. The number of hydrogen-bond donors (Lipinski definition) is 0. The number of sulfonamides is 1. The maximum Gasteiger partial charge on any atom is 0.228 e. The van der Waals surface area contributed by atoms with E-state index in [1.807, 2.05) is 17.0 Å². The van der Waals surface area contributed by atoms with Gasteiger partial charge in [-0.2, -0.15) is 0 Å². The van der Waals surface area contributed by atoms with Gasteiger partial charge in [0.05, 0.1) is 22.2 Å². The number of hydrogen-bond acceptors (Lipinski definition) is 4. The van der Waals surface area contributed by atoms with Crippen LogP contribution in [0.15, 0.2) is 18.2 Å². The summed E-state index contributed by atoms with van der Waals surface area (Å²) in [6.45, 7) is 3.26. The molecule has 132 valence electrons. The molecule has 2 aliphatic rings. The summed E-state index contributed by atoms with van der Waals surface area (Å²) in [5, 5.41) is 1.04. The van der Waals surface area contributed by atoms with Crippen LogP contribution >= 0.6 is 23.2 Å². The smallest absolute Gasteiger partial charge is 0.228 e. The van der Waals surface area contributed by atoms with Crippen molar-refractivity contribution in [2.24, 2.45) is 5.92 Å². The molecule has 1 aromatic rings. The standard InChI is InChI=1S/C15H19Cl2N3O3S/c1-24(22,23)20-9-11(10-20)15(21)19-6-4-18(5-7-19)12-2-3-13(16)14(17)8-12/h2-3,8,11H,4-7,9-10H2,1H3. The average Bonchev–Trinajstić information content (AvgIpc) is 2.47. The lowest BCUT2D eigenvalue weighted by Gasteiger charge is -2.42. The van der Waals surface area contributed by atoms with Crippen molar-refractivity contribution in [1.82, 2.24) is 9.21 Å². The first-order valence-electron chi connectivity index (χ1n) is 7.69. The van der Waals surface area contributed by atoms with Crippen LogP contribution in [0.25, 0.3) is 0 Å². The van der Waals surface area contributed by atoms with Crippen LogP contribution in [0.1, 0.15) is 0 Å². The number of rotatable bonds is 3. The molecule has 2 fully saturated rings. The fourth-order valence-electron chi connectivity index (χ4n) is 2.99. The molecule has 3 rings (SSSR count). The molecule has 9 heteroatoms. The van der Waals surface area contributed by atoms with E-state index in [4.69, 9.17) is 23.2 Å². The highest BCUT2D eigenvalue weighted by Crippen LogP contribution is 2.28. The quantitative estimate of drug-likeness (QED) is 0.783. The Labute approximate surface area is 152 Å². The van der Waals surface area contributed by atoms with E-state index in [2.05, 4.69) is 4.90 Å². The monoisotopic (exact) mass is 391 g/mol. The van der Waals surface area contributed by atoms with E-state index < -0.39 is 10.0 Å². The lowest BCUT2D eigenvalue weighted by molar-refractivity contribution is -0.139. The summed E-state index contributed by atoms with van der Waals surface area (Å²) in [7, 11) is -3.18. The Kier molecular flexibility index (Phi) is 4.97. The van der Waals surface area contributed by atoms with Crippen molar-refractivity contribution in [3.8, 4) is 0 Å². The number of piperazine rings is 1. The maximum atomic E-state index is 12.4. The zero-order valence-corrected chi connectivity index (χ0v) is 15.6. The molecule has 0 spiro atoms. The van der Waals surface area contributed by atoms with Crippen molar-refractivity contribution in [3.63, 3.8) is 0 Å². The van der Waals surface area contributed by atoms with Crippen molar-refractivity contribution < 1.29 is 13.2 Å². The minimum absolute atomic E-state index is 0.0451. The van der Waals surface area contributed by atoms with Crippen molar-refractivity contribution >= 4 is 44.8 Å². The van der Waals surface area contributed by atoms with Gasteiger partial charge in [-0.15, -0.1) is 0 Å². The van der Waals surface area contributed by atoms with Gasteiger partial charge in [-0.25, -0.2) is 12.7 Å². The molecule has 0 atom stereocenters. The van der Waals surface area contributed by atoms with E-state index in [0.29, 0.717) is 49.3 Å². The van der Waals surface area contributed by atoms with Gasteiger partial charge < -0.3 is 9.80 Å². The van der Waals surface area contributed by atoms with Crippen molar-refractivity contribution in [2.75, 3.05) is 50.4 Å². The number of carbonyl (C=O) groups is 1. The fourth-order valence-corrected chi connectivity index (χ4v) is 4.18. The SMILES string of the molecule is CS(=O)(=O)N1CC(C(=O)N2CCN(c3ccc(Cl)c(Cl)c3)CC2)C1. The van der Waals surface area contributed by atoms with Crippen LogP contribution in [0.3, 0.4) is 0 Å². The topological polar surface area (TPSA) is 60.9 Å². The highest BCUT2D eigenvalue weighted by atomic mass is 35.5. The van der Waals surface area contributed by atoms with Gasteiger partial charge in [-0.05, 0) is 18.2 Å². The molecule has 0 N–H and O–H groups in total. The van der Waals surface area contributed by atoms with Crippen molar-refractivity contribution in [3.05, 3.63) is 28.2 Å². The van der Waals surface area contributed by atoms with Crippen LogP contribution in [0, 0.1) is 5.92 Å². The summed E-state index contributed by atoms with van der Waals surface area (Å²) in [4.78, 5) is 16.4. The van der Waals surface area contributed by atoms with Crippen LogP contribution in [-0.2, 0) is 14.8 Å². The van der Waals surface area contributed by atoms with Gasteiger partial charge >= 0.3 is 0 Å². The van der Waals surface area contributed by atoms with E-state index in [0.717, 1.165) is 5.69 Å². The number of amides is 1. The Balaban J connectivity index is 1.54. The maximum absolute atomic E-state index is 12.4. The Morgan fingerprint density at radius 3 is 2.25 bits per heavy atom. The third-order valence-corrected chi connectivity index (χ3v) is 6.50. The number of benzene rings is 1. The second-order valence-electron chi connectivity index (χ2n) is 6.19. The second kappa shape index (κ2) is 6.71. The third kappa shape index (κ3) is 3.64. The molecule has 2 saturated heterocycles. The minimum Gasteiger partial charge on any atom is -0.368 e. The molecule has 24 heavy (non-hydrogen) atoms. The number of anilines is 1. The largest absolute Gasteiger partial charge is 0.368 e. The minimum atomic E-state index is -3.18. The summed E-state index contributed by atoms with van der Waals surface area (Å²) in [6, 6.07) is 5.52. The van der Waals surface area contributed by atoms with Crippen LogP contribution in [-0.4, -0.2) is 69.1 Å². The lowest BCUT2D eigenvalue weighted by Crippen LogP contribution is -2.58. The van der Waals surface area contributed by atoms with E-state index in [9.17, 15) is 13.2 Å². The molecule has 0 aliphatic carbocycles. The van der Waals surface area contributed by atoms with Gasteiger partial charge in [0, 0.05) is 45.0 Å². The predicted molar refractivity (Wildman–Crippen MR) is 95.2 cm³/mol. The van der Waals surface area contributed by atoms with Gasteiger partial charge in [0.25, 0.3) is 0 Å². The van der Waals surface area contributed by atoms with Gasteiger partial charge in [0.1, 0.15) is 0 Å².